The van der Waals surface area contributed by atoms with Gasteiger partial charge in [0, 0.05) is 0 Å². The fraction of sp³-hybridized carbons (Fsp3) is 0.188. The van der Waals surface area contributed by atoms with E-state index in [0.29, 0.717) is 5.56 Å². The van der Waals surface area contributed by atoms with Crippen molar-refractivity contribution in [1.29, 1.82) is 0 Å². The van der Waals surface area contributed by atoms with Gasteiger partial charge in [0.2, 0.25) is 0 Å². The number of hydrogen-bond donors (Lipinski definition) is 0. The summed E-state index contributed by atoms with van der Waals surface area (Å²) >= 11 is 0. The van der Waals surface area contributed by atoms with Gasteiger partial charge in [-0.25, -0.2) is 0 Å². The number of rotatable bonds is 5. The quantitative estimate of drug-likeness (QED) is 0.418. The van der Waals surface area contributed by atoms with Gasteiger partial charge in [0.15, 0.2) is 0 Å². The molecule has 0 fully saturated rings. The second kappa shape index (κ2) is 7.45. The molecule has 0 aliphatic heterocycles. The number of oxime groups is 1. The zero-order chi connectivity index (χ0) is 18.5. The summed E-state index contributed by atoms with van der Waals surface area (Å²) in [7, 11) is 0. The fourth-order valence-electron chi connectivity index (χ4n) is 1.84. The van der Waals surface area contributed by atoms with Crippen molar-refractivity contribution in [1.82, 2.24) is 0 Å². The van der Waals surface area contributed by atoms with Gasteiger partial charge in [-0.2, -0.15) is 13.2 Å². The van der Waals surface area contributed by atoms with Gasteiger partial charge in [-0.15, -0.1) is 13.2 Å². The van der Waals surface area contributed by atoms with Crippen LogP contribution < -0.4 is 4.74 Å². The zero-order valence-electron chi connectivity index (χ0n) is 12.4. The van der Waals surface area contributed by atoms with E-state index in [-0.39, 0.29) is 12.2 Å². The Morgan fingerprint density at radius 2 is 1.64 bits per heavy atom. The average Bonchev–Trinajstić information content (AvgIpc) is 2.50. The van der Waals surface area contributed by atoms with Gasteiger partial charge in [-0.3, -0.25) is 0 Å². The smallest absolute Gasteiger partial charge is 0.406 e. The van der Waals surface area contributed by atoms with Crippen molar-refractivity contribution in [2.24, 2.45) is 5.16 Å². The molecule has 0 atom stereocenters. The SMILES string of the molecule is FC(F)(F)Oc1cccc(CON=Cc2cccc(C(F)(F)F)c2)c1. The van der Waals surface area contributed by atoms with Crippen molar-refractivity contribution in [2.75, 3.05) is 0 Å². The molecule has 0 unspecified atom stereocenters. The molecule has 0 heterocycles. The van der Waals surface area contributed by atoms with Crippen LogP contribution in [0.4, 0.5) is 26.3 Å². The molecule has 3 nitrogen and oxygen atoms in total. The number of benzene rings is 2. The molecule has 2 aromatic carbocycles. The van der Waals surface area contributed by atoms with Crippen LogP contribution in [-0.4, -0.2) is 12.6 Å². The number of alkyl halides is 6. The molecular formula is C16H11F6NO2. The third kappa shape index (κ3) is 6.36. The lowest BCUT2D eigenvalue weighted by molar-refractivity contribution is -0.274. The Bertz CT molecular complexity index is 740. The van der Waals surface area contributed by atoms with Crippen molar-refractivity contribution in [3.8, 4) is 5.75 Å². The van der Waals surface area contributed by atoms with Crippen LogP contribution in [0.5, 0.6) is 5.75 Å². The molecule has 0 aliphatic rings. The Hall–Kier alpha value is -2.71. The lowest BCUT2D eigenvalue weighted by Gasteiger charge is -2.09. The normalized spacial score (nSPS) is 12.4. The molecule has 0 amide bonds. The van der Waals surface area contributed by atoms with Gasteiger partial charge in [0.25, 0.3) is 0 Å². The largest absolute Gasteiger partial charge is 0.573 e. The molecule has 134 valence electrons. The molecule has 0 aliphatic carbocycles. The Morgan fingerprint density at radius 3 is 2.32 bits per heavy atom. The molecule has 25 heavy (non-hydrogen) atoms. The third-order valence-corrected chi connectivity index (χ3v) is 2.85. The van der Waals surface area contributed by atoms with Crippen molar-refractivity contribution in [3.63, 3.8) is 0 Å². The number of halogens is 6. The molecule has 0 bridgehead atoms. The molecule has 9 heteroatoms. The maximum Gasteiger partial charge on any atom is 0.573 e. The van der Waals surface area contributed by atoms with E-state index in [1.54, 1.807) is 0 Å². The first-order valence-corrected chi connectivity index (χ1v) is 6.81. The Balaban J connectivity index is 1.95. The molecule has 0 radical (unpaired) electrons. The summed E-state index contributed by atoms with van der Waals surface area (Å²) in [6.45, 7) is -0.176. The minimum Gasteiger partial charge on any atom is -0.406 e. The maximum atomic E-state index is 12.6. The predicted molar refractivity (Wildman–Crippen MR) is 77.0 cm³/mol. The van der Waals surface area contributed by atoms with Crippen LogP contribution in [0.15, 0.2) is 53.7 Å². The third-order valence-electron chi connectivity index (χ3n) is 2.85. The number of nitrogens with zero attached hydrogens (tertiary/aromatic N) is 1. The molecule has 0 saturated carbocycles. The van der Waals surface area contributed by atoms with Crippen LogP contribution in [0.25, 0.3) is 0 Å². The fourth-order valence-corrected chi connectivity index (χ4v) is 1.84. The van der Waals surface area contributed by atoms with E-state index in [1.807, 2.05) is 0 Å². The van der Waals surface area contributed by atoms with Gasteiger partial charge in [0.1, 0.15) is 12.4 Å². The van der Waals surface area contributed by atoms with Crippen LogP contribution in [-0.2, 0) is 17.6 Å². The summed E-state index contributed by atoms with van der Waals surface area (Å²) in [5.41, 5.74) is -0.305. The first-order chi connectivity index (χ1) is 11.6. The highest BCUT2D eigenvalue weighted by atomic mass is 19.4. The molecular weight excluding hydrogens is 352 g/mol. The molecule has 2 rings (SSSR count). The van der Waals surface area contributed by atoms with Crippen LogP contribution >= 0.6 is 0 Å². The Kier molecular flexibility index (Phi) is 5.55. The zero-order valence-corrected chi connectivity index (χ0v) is 12.4. The van der Waals surface area contributed by atoms with Gasteiger partial charge in [-0.1, -0.05) is 29.4 Å². The van der Waals surface area contributed by atoms with Gasteiger partial charge in [0.05, 0.1) is 11.8 Å². The van der Waals surface area contributed by atoms with Crippen LogP contribution in [0.2, 0.25) is 0 Å². The summed E-state index contributed by atoms with van der Waals surface area (Å²) in [5, 5.41) is 3.51. The number of ether oxygens (including phenoxy) is 1. The summed E-state index contributed by atoms with van der Waals surface area (Å²) in [5.74, 6) is -0.407. The van der Waals surface area contributed by atoms with E-state index >= 15 is 0 Å². The van der Waals surface area contributed by atoms with E-state index in [0.717, 1.165) is 30.5 Å². The summed E-state index contributed by atoms with van der Waals surface area (Å²) in [6, 6.07) is 9.52. The van der Waals surface area contributed by atoms with E-state index in [1.165, 1.54) is 24.3 Å². The van der Waals surface area contributed by atoms with Crippen molar-refractivity contribution in [3.05, 3.63) is 65.2 Å². The standard InChI is InChI=1S/C16H11F6NO2/c17-15(18,19)13-5-1-3-11(7-13)9-23-24-10-12-4-2-6-14(8-12)25-16(20,21)22/h1-9H,10H2. The average molecular weight is 363 g/mol. The Labute approximate surface area is 138 Å². The second-order valence-corrected chi connectivity index (χ2v) is 4.83. The maximum absolute atomic E-state index is 12.6. The first-order valence-electron chi connectivity index (χ1n) is 6.81. The van der Waals surface area contributed by atoms with Crippen molar-refractivity contribution in [2.45, 2.75) is 19.1 Å². The highest BCUT2D eigenvalue weighted by molar-refractivity contribution is 5.79. The van der Waals surface area contributed by atoms with Crippen molar-refractivity contribution < 1.29 is 35.9 Å². The second-order valence-electron chi connectivity index (χ2n) is 4.83. The topological polar surface area (TPSA) is 30.8 Å². The lowest BCUT2D eigenvalue weighted by atomic mass is 10.1. The van der Waals surface area contributed by atoms with Crippen LogP contribution in [0, 0.1) is 0 Å². The summed E-state index contributed by atoms with van der Waals surface area (Å²) in [6.07, 6.45) is -8.20. The monoisotopic (exact) mass is 363 g/mol. The molecule has 0 spiro atoms. The highest BCUT2D eigenvalue weighted by Gasteiger charge is 2.31. The van der Waals surface area contributed by atoms with E-state index in [2.05, 4.69) is 9.89 Å². The van der Waals surface area contributed by atoms with Gasteiger partial charge >= 0.3 is 12.5 Å². The van der Waals surface area contributed by atoms with Crippen LogP contribution in [0.3, 0.4) is 0 Å². The van der Waals surface area contributed by atoms with Crippen LogP contribution in [0.1, 0.15) is 16.7 Å². The first kappa shape index (κ1) is 18.6. The number of hydrogen-bond acceptors (Lipinski definition) is 3. The minimum absolute atomic E-state index is 0.170. The Morgan fingerprint density at radius 1 is 0.920 bits per heavy atom. The lowest BCUT2D eigenvalue weighted by Crippen LogP contribution is -2.17. The molecule has 0 saturated heterocycles. The summed E-state index contributed by atoms with van der Waals surface area (Å²) in [4.78, 5) is 4.89. The van der Waals surface area contributed by atoms with E-state index < -0.39 is 23.9 Å². The van der Waals surface area contributed by atoms with Crippen molar-refractivity contribution >= 4 is 6.21 Å². The molecule has 0 aromatic heterocycles. The van der Waals surface area contributed by atoms with Gasteiger partial charge < -0.3 is 9.57 Å². The van der Waals surface area contributed by atoms with E-state index in [9.17, 15) is 26.3 Å². The summed E-state index contributed by atoms with van der Waals surface area (Å²) < 4.78 is 77.8. The predicted octanol–water partition coefficient (Wildman–Crippen LogP) is 5.15. The minimum atomic E-state index is -4.80. The highest BCUT2D eigenvalue weighted by Crippen LogP contribution is 2.29. The molecule has 0 N–H and O–H groups in total. The van der Waals surface area contributed by atoms with E-state index in [4.69, 9.17) is 4.84 Å². The molecule has 2 aromatic rings. The van der Waals surface area contributed by atoms with Gasteiger partial charge in [-0.05, 0) is 35.4 Å².